The number of hydrazine groups is 1. The van der Waals surface area contributed by atoms with E-state index in [4.69, 9.17) is 43.0 Å². The molecule has 0 saturated carbocycles. The fourth-order valence-corrected chi connectivity index (χ4v) is 4.17. The second kappa shape index (κ2) is 12.2. The fraction of sp³-hybridized carbons (Fsp3) is 0.526. The van der Waals surface area contributed by atoms with Crippen LogP contribution in [0, 0.1) is 0 Å². The van der Waals surface area contributed by atoms with Gasteiger partial charge in [-0.3, -0.25) is 15.3 Å². The van der Waals surface area contributed by atoms with Crippen molar-refractivity contribution in [1.29, 1.82) is 0 Å². The highest BCUT2D eigenvalue weighted by atomic mass is 35.5. The van der Waals surface area contributed by atoms with E-state index in [1.165, 1.54) is 0 Å². The molecule has 0 bridgehead atoms. The smallest absolute Gasteiger partial charge is 0.414 e. The van der Waals surface area contributed by atoms with Gasteiger partial charge in [-0.15, -0.1) is 11.8 Å². The molecule has 168 valence electrons. The van der Waals surface area contributed by atoms with E-state index in [1.807, 2.05) is 41.9 Å². The molecule has 1 aromatic rings. The van der Waals surface area contributed by atoms with E-state index in [1.54, 1.807) is 0 Å². The third-order valence-corrected chi connectivity index (χ3v) is 5.89. The highest BCUT2D eigenvalue weighted by molar-refractivity contribution is 8.00. The van der Waals surface area contributed by atoms with E-state index in [2.05, 4.69) is 43.0 Å². The number of carboxylic acid groups (broad SMARTS) is 2. The molecule has 0 amide bonds. The molecule has 1 heterocycles. The summed E-state index contributed by atoms with van der Waals surface area (Å²) in [5, 5.41) is 17.9. The number of rotatable bonds is 7. The number of aliphatic imine (C=N–C) groups is 1. The number of halogens is 2. The zero-order chi connectivity index (χ0) is 23.0. The molecule has 0 aromatic heterocycles. The van der Waals surface area contributed by atoms with Crippen molar-refractivity contribution in [2.45, 2.75) is 52.2 Å². The van der Waals surface area contributed by atoms with Crippen molar-refractivity contribution < 1.29 is 19.8 Å². The standard InChI is InChI=1S/C17H26Cl2N4S.C2H2O4/c1-11(2)22(12(3)4)8-9-24-17-20-13(5)21-23(17)14-6-7-15(18)16(19)10-14;3-1(4)2(5)6/h6-7,10-12,17H,8-9H2,1-5H3,(H,20,21);(H,3,4)(H,5,6). The Morgan fingerprint density at radius 2 is 1.73 bits per heavy atom. The number of hydrogen-bond acceptors (Lipinski definition) is 7. The summed E-state index contributed by atoms with van der Waals surface area (Å²) in [5.74, 6) is -1.73. The number of hydrogen-bond donors (Lipinski definition) is 3. The Bertz CT molecular complexity index is 757. The van der Waals surface area contributed by atoms with Crippen molar-refractivity contribution in [2.24, 2.45) is 4.99 Å². The molecule has 0 spiro atoms. The Morgan fingerprint density at radius 1 is 1.17 bits per heavy atom. The summed E-state index contributed by atoms with van der Waals surface area (Å²) < 4.78 is 0. The number of anilines is 1. The average molecular weight is 479 g/mol. The molecule has 0 fully saturated rings. The predicted molar refractivity (Wildman–Crippen MR) is 124 cm³/mol. The van der Waals surface area contributed by atoms with Crippen molar-refractivity contribution in [3.63, 3.8) is 0 Å². The maximum Gasteiger partial charge on any atom is 0.414 e. The van der Waals surface area contributed by atoms with Crippen molar-refractivity contribution >= 4 is 58.4 Å². The summed E-state index contributed by atoms with van der Waals surface area (Å²) in [6, 6.07) is 6.73. The molecule has 1 aromatic carbocycles. The molecule has 1 aliphatic heterocycles. The topological polar surface area (TPSA) is 105 Å². The molecule has 30 heavy (non-hydrogen) atoms. The second-order valence-corrected chi connectivity index (χ2v) is 9.01. The normalized spacial score (nSPS) is 15.7. The number of amidine groups is 1. The summed E-state index contributed by atoms with van der Waals surface area (Å²) in [6.45, 7) is 12.0. The van der Waals surface area contributed by atoms with Crippen LogP contribution in [0.5, 0.6) is 0 Å². The van der Waals surface area contributed by atoms with E-state index >= 15 is 0 Å². The van der Waals surface area contributed by atoms with Crippen LogP contribution in [0.3, 0.4) is 0 Å². The van der Waals surface area contributed by atoms with Gasteiger partial charge in [0, 0.05) is 24.4 Å². The van der Waals surface area contributed by atoms with Crippen LogP contribution in [-0.4, -0.2) is 62.8 Å². The molecule has 0 radical (unpaired) electrons. The number of nitrogens with one attached hydrogen (secondary N) is 1. The summed E-state index contributed by atoms with van der Waals surface area (Å²) in [7, 11) is 0. The van der Waals surface area contributed by atoms with Gasteiger partial charge in [0.25, 0.3) is 0 Å². The van der Waals surface area contributed by atoms with Gasteiger partial charge in [-0.1, -0.05) is 23.2 Å². The predicted octanol–water partition coefficient (Wildman–Crippen LogP) is 4.03. The van der Waals surface area contributed by atoms with Crippen LogP contribution >= 0.6 is 35.0 Å². The van der Waals surface area contributed by atoms with E-state index in [0.29, 0.717) is 22.1 Å². The third-order valence-electron chi connectivity index (χ3n) is 4.11. The number of nitrogens with zero attached hydrogens (tertiary/aromatic N) is 3. The quantitative estimate of drug-likeness (QED) is 0.504. The molecule has 2 rings (SSSR count). The Kier molecular flexibility index (Phi) is 10.8. The number of thioether (sulfide) groups is 1. The van der Waals surface area contributed by atoms with Crippen LogP contribution in [0.15, 0.2) is 23.2 Å². The Balaban J connectivity index is 0.000000656. The Morgan fingerprint density at radius 3 is 2.20 bits per heavy atom. The van der Waals surface area contributed by atoms with Crippen molar-refractivity contribution in [2.75, 3.05) is 17.3 Å². The first kappa shape index (κ1) is 26.4. The third kappa shape index (κ3) is 8.22. The molecular formula is C19H28Cl2N4O4S. The van der Waals surface area contributed by atoms with Gasteiger partial charge < -0.3 is 10.2 Å². The molecule has 1 unspecified atom stereocenters. The van der Waals surface area contributed by atoms with E-state index in [0.717, 1.165) is 23.8 Å². The van der Waals surface area contributed by atoms with Crippen LogP contribution in [0.1, 0.15) is 34.6 Å². The van der Waals surface area contributed by atoms with E-state index in [-0.39, 0.29) is 5.50 Å². The van der Waals surface area contributed by atoms with Crippen molar-refractivity contribution in [1.82, 2.24) is 10.3 Å². The second-order valence-electron chi connectivity index (χ2n) is 7.03. The molecule has 11 heteroatoms. The number of aliphatic carboxylic acids is 2. The highest BCUT2D eigenvalue weighted by Crippen LogP contribution is 2.31. The van der Waals surface area contributed by atoms with Gasteiger partial charge in [0.15, 0.2) is 5.50 Å². The van der Waals surface area contributed by atoms with Crippen LogP contribution in [0.4, 0.5) is 5.69 Å². The first-order valence-corrected chi connectivity index (χ1v) is 11.1. The fourth-order valence-electron chi connectivity index (χ4n) is 2.80. The minimum atomic E-state index is -1.82. The lowest BCUT2D eigenvalue weighted by atomic mass is 10.2. The summed E-state index contributed by atoms with van der Waals surface area (Å²) >= 11 is 14.0. The molecule has 3 N–H and O–H groups in total. The number of carboxylic acids is 2. The lowest BCUT2D eigenvalue weighted by Crippen LogP contribution is -2.41. The Hall–Kier alpha value is -1.68. The average Bonchev–Trinajstić information content (AvgIpc) is 3.01. The van der Waals surface area contributed by atoms with Gasteiger partial charge in [-0.2, -0.15) is 0 Å². The molecule has 1 atom stereocenters. The van der Waals surface area contributed by atoms with Crippen LogP contribution < -0.4 is 10.4 Å². The lowest BCUT2D eigenvalue weighted by molar-refractivity contribution is -0.159. The number of benzene rings is 1. The minimum Gasteiger partial charge on any atom is -0.473 e. The molecule has 1 aliphatic rings. The first-order valence-electron chi connectivity index (χ1n) is 9.33. The summed E-state index contributed by atoms with van der Waals surface area (Å²) in [5.41, 5.74) is 4.27. The maximum atomic E-state index is 9.10. The Labute approximate surface area is 191 Å². The maximum absolute atomic E-state index is 9.10. The van der Waals surface area contributed by atoms with Gasteiger partial charge in [0.2, 0.25) is 0 Å². The van der Waals surface area contributed by atoms with Gasteiger partial charge in [0.05, 0.1) is 15.7 Å². The van der Waals surface area contributed by atoms with Crippen molar-refractivity contribution in [3.8, 4) is 0 Å². The van der Waals surface area contributed by atoms with Gasteiger partial charge >= 0.3 is 11.9 Å². The monoisotopic (exact) mass is 478 g/mol. The van der Waals surface area contributed by atoms with E-state index < -0.39 is 11.9 Å². The molecule has 0 saturated heterocycles. The zero-order valence-electron chi connectivity index (χ0n) is 17.6. The highest BCUT2D eigenvalue weighted by Gasteiger charge is 2.26. The number of carbonyl (C=O) groups is 2. The molecular weight excluding hydrogens is 451 g/mol. The van der Waals surface area contributed by atoms with Crippen molar-refractivity contribution in [3.05, 3.63) is 28.2 Å². The van der Waals surface area contributed by atoms with Crippen LogP contribution in [0.25, 0.3) is 0 Å². The first-order chi connectivity index (χ1) is 13.9. The largest absolute Gasteiger partial charge is 0.473 e. The van der Waals surface area contributed by atoms with Gasteiger partial charge in [-0.25, -0.2) is 14.6 Å². The lowest BCUT2D eigenvalue weighted by Gasteiger charge is -2.31. The van der Waals surface area contributed by atoms with Crippen LogP contribution in [0.2, 0.25) is 10.0 Å². The molecule has 8 nitrogen and oxygen atoms in total. The zero-order valence-corrected chi connectivity index (χ0v) is 19.9. The van der Waals surface area contributed by atoms with Gasteiger partial charge in [0.1, 0.15) is 5.84 Å². The SMILES string of the molecule is CC1=NC(SCCN(C(C)C)C(C)C)N(c2ccc(Cl)c(Cl)c2)N1.O=C(O)C(=O)O. The molecule has 0 aliphatic carbocycles. The summed E-state index contributed by atoms with van der Waals surface area (Å²) in [4.78, 5) is 25.4. The summed E-state index contributed by atoms with van der Waals surface area (Å²) in [6.07, 6.45) is 0. The van der Waals surface area contributed by atoms with E-state index in [9.17, 15) is 0 Å². The van der Waals surface area contributed by atoms with Gasteiger partial charge in [-0.05, 0) is 52.8 Å². The minimum absolute atomic E-state index is 0.00316. The van der Waals surface area contributed by atoms with Crippen LogP contribution in [-0.2, 0) is 9.59 Å².